The second kappa shape index (κ2) is 44.2. The maximum atomic E-state index is 12.3. The monoisotopic (exact) mass is 1540 g/mol. The number of rotatable bonds is 12. The van der Waals surface area contributed by atoms with Crippen LogP contribution in [-0.4, -0.2) is 16.8 Å². The molecule has 5 nitrogen and oxygen atoms in total. The molecule has 0 amide bonds. The number of ether oxygens (including phenoxy) is 1. The molecule has 576 valence electrons. The zero-order chi connectivity index (χ0) is 81.3. The molecule has 0 fully saturated rings. The summed E-state index contributed by atoms with van der Waals surface area (Å²) >= 11 is 1.80. The fourth-order valence-electron chi connectivity index (χ4n) is 11.5. The molecule has 0 aliphatic heterocycles. The van der Waals surface area contributed by atoms with Gasteiger partial charge >= 0.3 is 0 Å². The smallest absolute Gasteiger partial charge is 0.206 e. The number of benzene rings is 14. The minimum absolute atomic E-state index is 0.340. The van der Waals surface area contributed by atoms with Crippen molar-refractivity contribution in [1.29, 1.82) is 0 Å². The highest BCUT2D eigenvalue weighted by atomic mass is 32.2. The van der Waals surface area contributed by atoms with Crippen LogP contribution < -0.4 is 4.74 Å². The van der Waals surface area contributed by atoms with Gasteiger partial charge in [0, 0.05) is 9.79 Å². The predicted octanol–water partition coefficient (Wildman–Crippen LogP) is 27.8. The van der Waals surface area contributed by atoms with Crippen LogP contribution in [0.3, 0.4) is 0 Å². The largest absolute Gasteiger partial charge is 0.457 e. The Morgan fingerprint density at radius 2 is 0.464 bits per heavy atom. The molecule has 14 aromatic carbocycles. The third kappa shape index (κ3) is 31.5. The molecule has 112 heavy (non-hydrogen) atoms. The Morgan fingerprint density at radius 1 is 0.205 bits per heavy atom. The van der Waals surface area contributed by atoms with E-state index in [1.807, 2.05) is 88.4 Å². The van der Waals surface area contributed by atoms with Crippen molar-refractivity contribution >= 4 is 31.4 Å². The lowest BCUT2D eigenvalue weighted by atomic mass is 10.0. The first-order chi connectivity index (χ1) is 53.3. The van der Waals surface area contributed by atoms with Crippen LogP contribution in [0.4, 0.5) is 0 Å². The summed E-state index contributed by atoms with van der Waals surface area (Å²) in [4.78, 5) is 3.97. The number of hydrogen-bond acceptors (Lipinski definition) is 6. The van der Waals surface area contributed by atoms with E-state index in [-0.39, 0.29) is 0 Å². The number of hydrogen-bond donors (Lipinski definition) is 0. The van der Waals surface area contributed by atoms with Crippen LogP contribution in [0.1, 0.15) is 122 Å². The van der Waals surface area contributed by atoms with E-state index in [9.17, 15) is 16.8 Å². The van der Waals surface area contributed by atoms with Crippen LogP contribution in [0.2, 0.25) is 0 Å². The quantitative estimate of drug-likeness (QED) is 0.121. The van der Waals surface area contributed by atoms with E-state index < -0.39 is 19.7 Å². The molecule has 0 aliphatic rings. The van der Waals surface area contributed by atoms with Gasteiger partial charge in [0.15, 0.2) is 0 Å². The zero-order valence-electron chi connectivity index (χ0n) is 68.9. The van der Waals surface area contributed by atoms with Gasteiger partial charge in [-0.1, -0.05) is 320 Å². The van der Waals surface area contributed by atoms with Crippen LogP contribution in [-0.2, 0) is 32.5 Å². The Balaban J connectivity index is 0.000000179. The zero-order valence-corrected chi connectivity index (χ0v) is 71.3. The molecular formula is C104H112O5S3. The molecule has 0 N–H and O–H groups in total. The van der Waals surface area contributed by atoms with E-state index in [0.717, 1.165) is 46.6 Å². The Kier molecular flexibility index (Phi) is 34.9. The second-order valence-corrected chi connectivity index (χ2v) is 34.3. The van der Waals surface area contributed by atoms with Crippen LogP contribution in [0.5, 0.6) is 11.5 Å². The molecule has 8 heteroatoms. The fourth-order valence-corrected chi connectivity index (χ4v) is 15.0. The van der Waals surface area contributed by atoms with Gasteiger partial charge in [0.1, 0.15) is 11.5 Å². The maximum absolute atomic E-state index is 12.3. The maximum Gasteiger partial charge on any atom is 0.206 e. The highest BCUT2D eigenvalue weighted by molar-refractivity contribution is 7.99. The lowest BCUT2D eigenvalue weighted by Gasteiger charge is -2.06. The van der Waals surface area contributed by atoms with Gasteiger partial charge in [0.2, 0.25) is 19.7 Å². The van der Waals surface area contributed by atoms with Gasteiger partial charge in [-0.25, -0.2) is 16.8 Å². The summed E-state index contributed by atoms with van der Waals surface area (Å²) in [5.74, 6) is 1.76. The van der Waals surface area contributed by atoms with Crippen molar-refractivity contribution in [2.75, 3.05) is 0 Å². The van der Waals surface area contributed by atoms with Crippen molar-refractivity contribution in [3.8, 4) is 11.5 Å². The molecule has 0 heterocycles. The average Bonchev–Trinajstić information content (AvgIpc) is 0.808. The van der Waals surface area contributed by atoms with Crippen molar-refractivity contribution < 1.29 is 21.6 Å². The summed E-state index contributed by atoms with van der Waals surface area (Å²) in [6.07, 6.45) is 2.06. The topological polar surface area (TPSA) is 77.5 Å². The number of sulfone groups is 2. The minimum Gasteiger partial charge on any atom is -0.457 e. The summed E-state index contributed by atoms with van der Waals surface area (Å²) in [5, 5.41) is 0. The molecule has 14 rings (SSSR count). The average molecular weight is 1540 g/mol. The van der Waals surface area contributed by atoms with Crippen LogP contribution in [0.25, 0.3) is 0 Å². The van der Waals surface area contributed by atoms with Crippen molar-refractivity contribution in [3.63, 3.8) is 0 Å². The van der Waals surface area contributed by atoms with Crippen molar-refractivity contribution in [3.05, 3.63) is 450 Å². The van der Waals surface area contributed by atoms with E-state index in [1.54, 1.807) is 96.7 Å². The summed E-state index contributed by atoms with van der Waals surface area (Å²) in [6.45, 7) is 37.3. The molecule has 0 bridgehead atoms. The molecular weight excluding hydrogens is 1430 g/mol. The lowest BCUT2D eigenvalue weighted by molar-refractivity contribution is 0.482. The van der Waals surface area contributed by atoms with Gasteiger partial charge in [0.05, 0.1) is 19.6 Å². The van der Waals surface area contributed by atoms with Gasteiger partial charge in [-0.2, -0.15) is 0 Å². The highest BCUT2D eigenvalue weighted by Crippen LogP contribution is 2.29. The van der Waals surface area contributed by atoms with Crippen molar-refractivity contribution in [1.82, 2.24) is 0 Å². The first-order valence-electron chi connectivity index (χ1n) is 38.0. The molecule has 0 unspecified atom stereocenters. The molecule has 14 aromatic rings. The van der Waals surface area contributed by atoms with Crippen LogP contribution in [0, 0.1) is 125 Å². The van der Waals surface area contributed by atoms with Crippen molar-refractivity contribution in [2.45, 2.75) is 167 Å². The van der Waals surface area contributed by atoms with Gasteiger partial charge in [-0.3, -0.25) is 0 Å². The van der Waals surface area contributed by atoms with E-state index in [2.05, 4.69) is 279 Å². The molecule has 0 saturated heterocycles. The second-order valence-electron chi connectivity index (χ2n) is 29.3. The van der Waals surface area contributed by atoms with E-state index in [4.69, 9.17) is 4.74 Å². The van der Waals surface area contributed by atoms with Crippen LogP contribution in [0.15, 0.2) is 357 Å². The first kappa shape index (κ1) is 88.3. The molecule has 0 aromatic heterocycles. The highest BCUT2D eigenvalue weighted by Gasteiger charge is 2.18. The SMILES string of the molecule is Cc1cc(C)cc(C)c1.Cc1ccc(C)c(C)c1.Cc1ccc(Cc2ccc(C)cc2)cc1.Cc1ccc(Cc2cccc(C)c2)cc1.Cc1ccc(Oc2ccc(C)cc2)cc1.Cc1ccc(S(=O)(=O)c2ccc(C)cc2)cc1.Cc1ccc(Sc2ccc(C)cc2)cc1.Cc1cccc(S(=O)(=O)c2cccc(C)c2)c1. The van der Waals surface area contributed by atoms with Gasteiger partial charge in [-0.05, 0) is 279 Å². The Morgan fingerprint density at radius 3 is 0.768 bits per heavy atom. The predicted molar refractivity (Wildman–Crippen MR) is 476 cm³/mol. The summed E-state index contributed by atoms with van der Waals surface area (Å²) in [5.41, 5.74) is 28.1. The third-order valence-corrected chi connectivity index (χ3v) is 22.7. The molecule has 0 radical (unpaired) electrons. The van der Waals surface area contributed by atoms with Crippen molar-refractivity contribution in [2.24, 2.45) is 0 Å². The lowest BCUT2D eigenvalue weighted by Crippen LogP contribution is -2.02. The normalized spacial score (nSPS) is 10.5. The molecule has 0 aliphatic carbocycles. The fraction of sp³-hybridized carbons (Fsp3) is 0.192. The number of aryl methyl sites for hydroxylation is 18. The first-order valence-corrected chi connectivity index (χ1v) is 41.8. The molecule has 0 saturated carbocycles. The van der Waals surface area contributed by atoms with E-state index in [1.165, 1.54) is 110 Å². The summed E-state index contributed by atoms with van der Waals surface area (Å²) < 4.78 is 54.9. The van der Waals surface area contributed by atoms with E-state index >= 15 is 0 Å². The Labute approximate surface area is 676 Å². The Bertz CT molecular complexity index is 4920. The third-order valence-electron chi connectivity index (χ3n) is 18.1. The van der Waals surface area contributed by atoms with Gasteiger partial charge < -0.3 is 4.74 Å². The van der Waals surface area contributed by atoms with Gasteiger partial charge in [0.25, 0.3) is 0 Å². The van der Waals surface area contributed by atoms with Crippen LogP contribution >= 0.6 is 11.8 Å². The minimum atomic E-state index is -3.38. The Hall–Kier alpha value is -10.9. The summed E-state index contributed by atoms with van der Waals surface area (Å²) in [7, 11) is -6.76. The standard InChI is InChI=1S/2C15H16.2C14H14O2S.C14H14O.C14H14S.2C9H12/c1-12-3-7-14(8-4-12)11-15-9-5-13(2)6-10-15;1-12-6-8-14(9-7-12)11-15-5-3-4-13(2)10-15;1-11-3-7-13(8-4-11)17(15,16)14-9-5-12(2)6-10-14;1-11-5-3-7-13(9-11)17(15,16)14-8-4-6-12(2)10-14;2*1-11-3-7-13(8-4-11)15-14-9-5-12(2)6-10-14;1-7-4-8(2)6-9(3)5-7;1-7-4-5-8(2)9(3)6-7/h2*3-10H,11H2,1-2H3;2*3-10H,1-2H3;2*3-10H,1-2H3;2*4-6H,1-3H3. The molecule has 0 atom stereocenters. The van der Waals surface area contributed by atoms with Gasteiger partial charge in [-0.15, -0.1) is 0 Å². The summed E-state index contributed by atoms with van der Waals surface area (Å²) in [6, 6.07) is 109. The molecule has 0 spiro atoms. The van der Waals surface area contributed by atoms with E-state index in [0.29, 0.717) is 19.6 Å².